The molecule has 6 nitrogen and oxygen atoms in total. The summed E-state index contributed by atoms with van der Waals surface area (Å²) < 4.78 is 6.20. The van der Waals surface area contributed by atoms with Crippen molar-refractivity contribution in [2.24, 2.45) is 0 Å². The van der Waals surface area contributed by atoms with E-state index in [-0.39, 0.29) is 5.91 Å². The molecule has 8 heteroatoms. The third-order valence-electron chi connectivity index (χ3n) is 5.53. The standard InChI is InChI=1S/C20H21ClN4O2S/c1-12-18-15(10-16(13-2-3-13)22-19(18)27-23-12)20(26)25-8-6-24(7-9-25)11-14-4-5-17(21)28-14/h4-5,10,13H,2-3,6-9,11H2,1H3. The maximum absolute atomic E-state index is 13.3. The molecule has 1 aliphatic heterocycles. The fourth-order valence-electron chi connectivity index (χ4n) is 3.81. The number of rotatable bonds is 4. The van der Waals surface area contributed by atoms with E-state index in [2.05, 4.69) is 21.1 Å². The van der Waals surface area contributed by atoms with Crippen molar-refractivity contribution in [3.05, 3.63) is 44.4 Å². The van der Waals surface area contributed by atoms with Gasteiger partial charge in [-0.3, -0.25) is 9.69 Å². The maximum Gasteiger partial charge on any atom is 0.259 e. The molecule has 0 spiro atoms. The summed E-state index contributed by atoms with van der Waals surface area (Å²) in [7, 11) is 0. The van der Waals surface area contributed by atoms with Gasteiger partial charge in [0, 0.05) is 49.2 Å². The van der Waals surface area contributed by atoms with Crippen molar-refractivity contribution in [1.29, 1.82) is 0 Å². The summed E-state index contributed by atoms with van der Waals surface area (Å²) in [6.07, 6.45) is 2.26. The Labute approximate surface area is 172 Å². The predicted octanol–water partition coefficient (Wildman–Crippen LogP) is 4.08. The SMILES string of the molecule is Cc1noc2nc(C3CC3)cc(C(=O)N3CCN(Cc4ccc(Cl)s4)CC3)c12. The van der Waals surface area contributed by atoms with Gasteiger partial charge < -0.3 is 9.42 Å². The monoisotopic (exact) mass is 416 g/mol. The molecule has 0 N–H and O–H groups in total. The molecule has 4 heterocycles. The summed E-state index contributed by atoms with van der Waals surface area (Å²) in [6.45, 7) is 5.89. The molecule has 1 saturated carbocycles. The van der Waals surface area contributed by atoms with Crippen LogP contribution in [0.15, 0.2) is 22.7 Å². The molecule has 0 radical (unpaired) electrons. The van der Waals surface area contributed by atoms with Crippen LogP contribution in [0, 0.1) is 6.92 Å². The van der Waals surface area contributed by atoms with Crippen LogP contribution in [0.5, 0.6) is 0 Å². The minimum absolute atomic E-state index is 0.0550. The molecule has 0 bridgehead atoms. The molecular weight excluding hydrogens is 396 g/mol. The number of carbonyl (C=O) groups excluding carboxylic acids is 1. The number of pyridine rings is 1. The van der Waals surface area contributed by atoms with Gasteiger partial charge in [0.2, 0.25) is 0 Å². The van der Waals surface area contributed by atoms with Crippen molar-refractivity contribution in [2.45, 2.75) is 32.2 Å². The van der Waals surface area contributed by atoms with E-state index >= 15 is 0 Å². The number of nitrogens with zero attached hydrogens (tertiary/aromatic N) is 4. The smallest absolute Gasteiger partial charge is 0.259 e. The number of hydrogen-bond donors (Lipinski definition) is 0. The van der Waals surface area contributed by atoms with Gasteiger partial charge in [0.05, 0.1) is 21.0 Å². The average Bonchev–Trinajstić information content (AvgIpc) is 3.38. The summed E-state index contributed by atoms with van der Waals surface area (Å²) in [5.41, 5.74) is 2.85. The van der Waals surface area contributed by atoms with E-state index in [9.17, 15) is 4.79 Å². The van der Waals surface area contributed by atoms with Crippen molar-refractivity contribution in [3.63, 3.8) is 0 Å². The highest BCUT2D eigenvalue weighted by atomic mass is 35.5. The van der Waals surface area contributed by atoms with E-state index in [0.717, 1.165) is 53.6 Å². The maximum atomic E-state index is 13.3. The normalized spacial score (nSPS) is 18.1. The first-order valence-corrected chi connectivity index (χ1v) is 10.8. The second-order valence-electron chi connectivity index (χ2n) is 7.59. The Hall–Kier alpha value is -1.96. The molecule has 5 rings (SSSR count). The van der Waals surface area contributed by atoms with Gasteiger partial charge in [-0.05, 0) is 38.0 Å². The quantitative estimate of drug-likeness (QED) is 0.641. The van der Waals surface area contributed by atoms with Gasteiger partial charge in [0.25, 0.3) is 11.6 Å². The highest BCUT2D eigenvalue weighted by molar-refractivity contribution is 7.16. The van der Waals surface area contributed by atoms with Gasteiger partial charge in [0.1, 0.15) is 0 Å². The molecule has 0 atom stereocenters. The van der Waals surface area contributed by atoms with Crippen LogP contribution >= 0.6 is 22.9 Å². The minimum Gasteiger partial charge on any atom is -0.336 e. The van der Waals surface area contributed by atoms with Crippen LogP contribution in [-0.4, -0.2) is 52.0 Å². The molecule has 2 aliphatic rings. The topological polar surface area (TPSA) is 62.5 Å². The number of amides is 1. The molecule has 0 aromatic carbocycles. The predicted molar refractivity (Wildman–Crippen MR) is 109 cm³/mol. The summed E-state index contributed by atoms with van der Waals surface area (Å²) in [5, 5.41) is 4.79. The third-order valence-corrected chi connectivity index (χ3v) is 6.75. The second kappa shape index (κ2) is 7.13. The molecule has 1 amide bonds. The molecule has 1 saturated heterocycles. The summed E-state index contributed by atoms with van der Waals surface area (Å²) >= 11 is 7.65. The zero-order valence-corrected chi connectivity index (χ0v) is 17.2. The molecule has 1 aliphatic carbocycles. The number of thiophene rings is 1. The molecular formula is C20H21ClN4O2S. The zero-order chi connectivity index (χ0) is 19.3. The van der Waals surface area contributed by atoms with E-state index in [0.29, 0.717) is 30.3 Å². The lowest BCUT2D eigenvalue weighted by atomic mass is 10.1. The van der Waals surface area contributed by atoms with Crippen molar-refractivity contribution < 1.29 is 9.32 Å². The molecule has 146 valence electrons. The van der Waals surface area contributed by atoms with E-state index in [1.807, 2.05) is 24.0 Å². The van der Waals surface area contributed by atoms with Crippen molar-refractivity contribution >= 4 is 39.9 Å². The lowest BCUT2D eigenvalue weighted by Gasteiger charge is -2.34. The lowest BCUT2D eigenvalue weighted by molar-refractivity contribution is 0.0631. The summed E-state index contributed by atoms with van der Waals surface area (Å²) in [4.78, 5) is 23.5. The Morgan fingerprint density at radius 3 is 2.75 bits per heavy atom. The summed E-state index contributed by atoms with van der Waals surface area (Å²) in [5.74, 6) is 0.509. The fraction of sp³-hybridized carbons (Fsp3) is 0.450. The zero-order valence-electron chi connectivity index (χ0n) is 15.7. The van der Waals surface area contributed by atoms with Gasteiger partial charge in [-0.15, -0.1) is 11.3 Å². The Kier molecular flexibility index (Phi) is 4.61. The Morgan fingerprint density at radius 2 is 2.07 bits per heavy atom. The van der Waals surface area contributed by atoms with Crippen LogP contribution in [0.3, 0.4) is 0 Å². The number of hydrogen-bond acceptors (Lipinski definition) is 6. The van der Waals surface area contributed by atoms with E-state index < -0.39 is 0 Å². The first-order chi connectivity index (χ1) is 13.6. The fourth-order valence-corrected chi connectivity index (χ4v) is 4.94. The molecule has 3 aromatic rings. The largest absolute Gasteiger partial charge is 0.336 e. The molecule has 0 unspecified atom stereocenters. The Bertz CT molecular complexity index is 1030. The van der Waals surface area contributed by atoms with Gasteiger partial charge >= 0.3 is 0 Å². The number of halogens is 1. The van der Waals surface area contributed by atoms with Crippen LogP contribution in [-0.2, 0) is 6.54 Å². The third kappa shape index (κ3) is 3.43. The number of aromatic nitrogens is 2. The second-order valence-corrected chi connectivity index (χ2v) is 9.39. The van der Waals surface area contributed by atoms with E-state index in [1.54, 1.807) is 11.3 Å². The average molecular weight is 417 g/mol. The van der Waals surface area contributed by atoms with Crippen molar-refractivity contribution in [3.8, 4) is 0 Å². The van der Waals surface area contributed by atoms with E-state index in [1.165, 1.54) is 4.88 Å². The molecule has 28 heavy (non-hydrogen) atoms. The number of piperazine rings is 1. The van der Waals surface area contributed by atoms with E-state index in [4.69, 9.17) is 16.1 Å². The van der Waals surface area contributed by atoms with Gasteiger partial charge in [0.15, 0.2) is 0 Å². The number of fused-ring (bicyclic) bond motifs is 1. The first-order valence-electron chi connectivity index (χ1n) is 9.61. The van der Waals surface area contributed by atoms with Crippen LogP contribution in [0.1, 0.15) is 45.4 Å². The van der Waals surface area contributed by atoms with Crippen molar-refractivity contribution in [1.82, 2.24) is 19.9 Å². The number of aryl methyl sites for hydroxylation is 1. The molecule has 2 fully saturated rings. The van der Waals surface area contributed by atoms with Crippen LogP contribution in [0.25, 0.3) is 11.1 Å². The summed E-state index contributed by atoms with van der Waals surface area (Å²) in [6, 6.07) is 5.98. The highest BCUT2D eigenvalue weighted by Crippen LogP contribution is 2.40. The van der Waals surface area contributed by atoms with Gasteiger partial charge in [-0.25, -0.2) is 4.98 Å². The Balaban J connectivity index is 1.33. The lowest BCUT2D eigenvalue weighted by Crippen LogP contribution is -2.48. The number of carbonyl (C=O) groups is 1. The van der Waals surface area contributed by atoms with Crippen LogP contribution in [0.2, 0.25) is 4.34 Å². The Morgan fingerprint density at radius 1 is 1.29 bits per heavy atom. The van der Waals surface area contributed by atoms with Crippen LogP contribution < -0.4 is 0 Å². The van der Waals surface area contributed by atoms with Crippen molar-refractivity contribution in [2.75, 3.05) is 26.2 Å². The molecule has 3 aromatic heterocycles. The van der Waals surface area contributed by atoms with Crippen LogP contribution in [0.4, 0.5) is 0 Å². The van der Waals surface area contributed by atoms with Gasteiger partial charge in [-0.2, -0.15) is 0 Å². The highest BCUT2D eigenvalue weighted by Gasteiger charge is 2.30. The first kappa shape index (κ1) is 18.1. The van der Waals surface area contributed by atoms with Gasteiger partial charge in [-0.1, -0.05) is 16.8 Å². The minimum atomic E-state index is 0.0550.